The van der Waals surface area contributed by atoms with Crippen molar-refractivity contribution in [1.29, 1.82) is 0 Å². The van der Waals surface area contributed by atoms with Crippen molar-refractivity contribution >= 4 is 23.3 Å². The standard InChI is InChI=1S/C21H25N3O3/c1-4-5-12-22-19(25)21(27)17-8-6-7-9-18(17)23-20(26)24(21)16-11-10-14(2)15(3)13-16/h6-11,13,27H,4-5,12H2,1-3H3,(H,22,25)(H,23,26)/t21-/m0/s1. The van der Waals surface area contributed by atoms with Crippen LogP contribution in [0.2, 0.25) is 0 Å². The molecule has 0 bridgehead atoms. The highest BCUT2D eigenvalue weighted by molar-refractivity contribution is 6.11. The Bertz CT molecular complexity index is 881. The van der Waals surface area contributed by atoms with Gasteiger partial charge in [0.2, 0.25) is 0 Å². The largest absolute Gasteiger partial charge is 0.359 e. The smallest absolute Gasteiger partial charge is 0.329 e. The molecule has 1 atom stereocenters. The minimum atomic E-state index is -2.13. The van der Waals surface area contributed by atoms with Gasteiger partial charge in [0, 0.05) is 17.8 Å². The maximum Gasteiger partial charge on any atom is 0.329 e. The van der Waals surface area contributed by atoms with Gasteiger partial charge in [0.1, 0.15) is 0 Å². The maximum absolute atomic E-state index is 13.1. The van der Waals surface area contributed by atoms with Gasteiger partial charge in [-0.3, -0.25) is 9.69 Å². The van der Waals surface area contributed by atoms with E-state index in [1.807, 2.05) is 26.8 Å². The number of benzene rings is 2. The Kier molecular flexibility index (Phi) is 5.19. The molecular formula is C21H25N3O3. The lowest BCUT2D eigenvalue weighted by Gasteiger charge is -2.42. The molecule has 27 heavy (non-hydrogen) atoms. The minimum Gasteiger partial charge on any atom is -0.359 e. The first-order valence-corrected chi connectivity index (χ1v) is 9.18. The van der Waals surface area contributed by atoms with E-state index < -0.39 is 17.7 Å². The van der Waals surface area contributed by atoms with E-state index in [0.29, 0.717) is 23.5 Å². The lowest BCUT2D eigenvalue weighted by Crippen LogP contribution is -2.62. The molecule has 142 valence electrons. The number of amides is 3. The number of carbonyl (C=O) groups excluding carboxylic acids is 2. The van der Waals surface area contributed by atoms with Crippen LogP contribution in [-0.2, 0) is 10.5 Å². The van der Waals surface area contributed by atoms with Gasteiger partial charge in [-0.1, -0.05) is 37.6 Å². The van der Waals surface area contributed by atoms with E-state index in [9.17, 15) is 14.7 Å². The van der Waals surface area contributed by atoms with Gasteiger partial charge in [0.25, 0.3) is 11.6 Å². The van der Waals surface area contributed by atoms with Crippen molar-refractivity contribution in [2.45, 2.75) is 39.3 Å². The Labute approximate surface area is 159 Å². The van der Waals surface area contributed by atoms with E-state index in [1.165, 1.54) is 0 Å². The van der Waals surface area contributed by atoms with E-state index in [-0.39, 0.29) is 0 Å². The Morgan fingerprint density at radius 2 is 1.93 bits per heavy atom. The number of carbonyl (C=O) groups is 2. The van der Waals surface area contributed by atoms with Gasteiger partial charge in [0.15, 0.2) is 0 Å². The maximum atomic E-state index is 13.1. The number of para-hydroxylation sites is 1. The summed E-state index contributed by atoms with van der Waals surface area (Å²) >= 11 is 0. The molecule has 1 heterocycles. The van der Waals surface area contributed by atoms with Crippen LogP contribution in [0.3, 0.4) is 0 Å². The molecule has 0 aliphatic carbocycles. The van der Waals surface area contributed by atoms with Gasteiger partial charge in [-0.15, -0.1) is 0 Å². The van der Waals surface area contributed by atoms with Gasteiger partial charge in [-0.05, 0) is 49.6 Å². The van der Waals surface area contributed by atoms with Crippen LogP contribution < -0.4 is 15.5 Å². The third kappa shape index (κ3) is 3.28. The van der Waals surface area contributed by atoms with Crippen molar-refractivity contribution < 1.29 is 14.7 Å². The van der Waals surface area contributed by atoms with Crippen LogP contribution >= 0.6 is 0 Å². The number of fused-ring (bicyclic) bond motifs is 1. The number of aryl methyl sites for hydroxylation is 2. The van der Waals surface area contributed by atoms with Crippen molar-refractivity contribution in [3.63, 3.8) is 0 Å². The predicted octanol–water partition coefficient (Wildman–Crippen LogP) is 3.42. The molecule has 0 aromatic heterocycles. The van der Waals surface area contributed by atoms with Crippen LogP contribution in [0.5, 0.6) is 0 Å². The zero-order chi connectivity index (χ0) is 19.6. The summed E-state index contributed by atoms with van der Waals surface area (Å²) in [5, 5.41) is 17.1. The number of hydrogen-bond acceptors (Lipinski definition) is 3. The average molecular weight is 367 g/mol. The van der Waals surface area contributed by atoms with E-state index >= 15 is 0 Å². The number of aliphatic hydroxyl groups is 1. The quantitative estimate of drug-likeness (QED) is 0.708. The first-order chi connectivity index (χ1) is 12.9. The summed E-state index contributed by atoms with van der Waals surface area (Å²) in [6, 6.07) is 11.7. The van der Waals surface area contributed by atoms with Crippen LogP contribution in [0.25, 0.3) is 0 Å². The first kappa shape index (κ1) is 18.9. The van der Waals surface area contributed by atoms with Crippen LogP contribution in [0.1, 0.15) is 36.5 Å². The summed E-state index contributed by atoms with van der Waals surface area (Å²) in [7, 11) is 0. The molecule has 3 amide bonds. The van der Waals surface area contributed by atoms with Gasteiger partial charge < -0.3 is 15.7 Å². The molecule has 0 saturated heterocycles. The van der Waals surface area contributed by atoms with Crippen molar-refractivity contribution in [2.75, 3.05) is 16.8 Å². The zero-order valence-electron chi connectivity index (χ0n) is 15.9. The molecular weight excluding hydrogens is 342 g/mol. The van der Waals surface area contributed by atoms with Crippen LogP contribution in [0.15, 0.2) is 42.5 Å². The summed E-state index contributed by atoms with van der Waals surface area (Å²) in [5.74, 6) is -0.614. The Morgan fingerprint density at radius 3 is 2.63 bits per heavy atom. The summed E-state index contributed by atoms with van der Waals surface area (Å²) < 4.78 is 0. The summed E-state index contributed by atoms with van der Waals surface area (Å²) in [5.41, 5.74) is 1.13. The normalized spacial score (nSPS) is 18.7. The number of rotatable bonds is 5. The number of urea groups is 1. The fraction of sp³-hybridized carbons (Fsp3) is 0.333. The second-order valence-electron chi connectivity index (χ2n) is 6.86. The number of nitrogens with zero attached hydrogens (tertiary/aromatic N) is 1. The fourth-order valence-corrected chi connectivity index (χ4v) is 3.23. The molecule has 0 radical (unpaired) electrons. The highest BCUT2D eigenvalue weighted by atomic mass is 16.3. The van der Waals surface area contributed by atoms with E-state index in [0.717, 1.165) is 28.9 Å². The van der Waals surface area contributed by atoms with E-state index in [4.69, 9.17) is 0 Å². The average Bonchev–Trinajstić information content (AvgIpc) is 2.64. The third-order valence-electron chi connectivity index (χ3n) is 4.95. The molecule has 2 aromatic carbocycles. The highest BCUT2D eigenvalue weighted by Gasteiger charge is 2.51. The van der Waals surface area contributed by atoms with Crippen molar-refractivity contribution in [3.05, 3.63) is 59.2 Å². The number of hydrogen-bond donors (Lipinski definition) is 3. The lowest BCUT2D eigenvalue weighted by atomic mass is 9.94. The van der Waals surface area contributed by atoms with Crippen molar-refractivity contribution in [1.82, 2.24) is 5.32 Å². The molecule has 0 spiro atoms. The molecule has 3 rings (SSSR count). The molecule has 0 fully saturated rings. The zero-order valence-corrected chi connectivity index (χ0v) is 15.9. The molecule has 2 aromatic rings. The van der Waals surface area contributed by atoms with E-state index in [2.05, 4.69) is 10.6 Å². The Balaban J connectivity index is 2.13. The molecule has 1 aliphatic rings. The van der Waals surface area contributed by atoms with Crippen LogP contribution in [0, 0.1) is 13.8 Å². The number of nitrogens with one attached hydrogen (secondary N) is 2. The molecule has 3 N–H and O–H groups in total. The van der Waals surface area contributed by atoms with Gasteiger partial charge >= 0.3 is 6.03 Å². The number of anilines is 2. The summed E-state index contributed by atoms with van der Waals surface area (Å²) in [4.78, 5) is 27.1. The first-order valence-electron chi connectivity index (χ1n) is 9.18. The topological polar surface area (TPSA) is 81.7 Å². The van der Waals surface area contributed by atoms with Crippen LogP contribution in [0.4, 0.5) is 16.2 Å². The molecule has 6 heteroatoms. The van der Waals surface area contributed by atoms with Gasteiger partial charge in [-0.2, -0.15) is 0 Å². The molecule has 6 nitrogen and oxygen atoms in total. The minimum absolute atomic E-state index is 0.344. The third-order valence-corrected chi connectivity index (χ3v) is 4.95. The predicted molar refractivity (Wildman–Crippen MR) is 106 cm³/mol. The van der Waals surface area contributed by atoms with Crippen molar-refractivity contribution in [3.8, 4) is 0 Å². The lowest BCUT2D eigenvalue weighted by molar-refractivity contribution is -0.140. The number of unbranched alkanes of at least 4 members (excludes halogenated alkanes) is 1. The molecule has 0 unspecified atom stereocenters. The summed E-state index contributed by atoms with van der Waals surface area (Å²) in [6.07, 6.45) is 1.70. The second-order valence-corrected chi connectivity index (χ2v) is 6.86. The fourth-order valence-electron chi connectivity index (χ4n) is 3.23. The molecule has 1 aliphatic heterocycles. The highest BCUT2D eigenvalue weighted by Crippen LogP contribution is 2.40. The summed E-state index contributed by atoms with van der Waals surface area (Å²) in [6.45, 7) is 6.34. The van der Waals surface area contributed by atoms with E-state index in [1.54, 1.807) is 36.4 Å². The Hall–Kier alpha value is -2.86. The SMILES string of the molecule is CCCCNC(=O)[C@@]1(O)c2ccccc2NC(=O)N1c1ccc(C)c(C)c1. The molecule has 0 saturated carbocycles. The van der Waals surface area contributed by atoms with Gasteiger partial charge in [0.05, 0.1) is 5.69 Å². The van der Waals surface area contributed by atoms with Crippen LogP contribution in [-0.4, -0.2) is 23.6 Å². The Morgan fingerprint density at radius 1 is 1.19 bits per heavy atom. The monoisotopic (exact) mass is 367 g/mol. The second kappa shape index (κ2) is 7.40. The van der Waals surface area contributed by atoms with Crippen molar-refractivity contribution in [2.24, 2.45) is 0 Å². The van der Waals surface area contributed by atoms with Gasteiger partial charge in [-0.25, -0.2) is 4.79 Å².